The van der Waals surface area contributed by atoms with E-state index in [-0.39, 0.29) is 17.6 Å². The maximum Gasteiger partial charge on any atom is 0.307 e. The molecule has 23 heavy (non-hydrogen) atoms. The summed E-state index contributed by atoms with van der Waals surface area (Å²) in [6.07, 6.45) is 0.340. The number of carboxylic acid groups (broad SMARTS) is 1. The monoisotopic (exact) mass is 319 g/mol. The van der Waals surface area contributed by atoms with Gasteiger partial charge in [0.1, 0.15) is 11.9 Å². The van der Waals surface area contributed by atoms with Crippen LogP contribution in [0, 0.1) is 17.7 Å². The number of nitrogens with zero attached hydrogens (tertiary/aromatic N) is 2. The maximum atomic E-state index is 13.2. The molecule has 1 fully saturated rings. The van der Waals surface area contributed by atoms with E-state index in [0.717, 1.165) is 0 Å². The minimum atomic E-state index is -0.969. The largest absolute Gasteiger partial charge is 0.481 e. The first-order valence-corrected chi connectivity index (χ1v) is 7.08. The van der Waals surface area contributed by atoms with E-state index >= 15 is 0 Å². The molecule has 3 rings (SSSR count). The number of carbonyl (C=O) groups excluding carboxylic acids is 1. The number of halogens is 1. The fourth-order valence-corrected chi connectivity index (χ4v) is 2.30. The summed E-state index contributed by atoms with van der Waals surface area (Å²) in [6, 6.07) is 5.20. The molecule has 0 saturated heterocycles. The molecule has 2 aromatic rings. The molecule has 1 aromatic carbocycles. The predicted molar refractivity (Wildman–Crippen MR) is 75.5 cm³/mol. The lowest BCUT2D eigenvalue weighted by Crippen LogP contribution is -2.29. The SMILES string of the molecule is C[C@H](NC(=O)[C@H]1C[C@H]1C(=O)O)c1nc(-c2cccc(F)c2)no1. The van der Waals surface area contributed by atoms with Crippen molar-refractivity contribution in [2.75, 3.05) is 0 Å². The van der Waals surface area contributed by atoms with Crippen molar-refractivity contribution >= 4 is 11.9 Å². The molecular weight excluding hydrogens is 305 g/mol. The average molecular weight is 319 g/mol. The molecule has 1 amide bonds. The molecule has 0 radical (unpaired) electrons. The second-order valence-electron chi connectivity index (χ2n) is 5.48. The van der Waals surface area contributed by atoms with Gasteiger partial charge in [-0.3, -0.25) is 9.59 Å². The van der Waals surface area contributed by atoms with Crippen molar-refractivity contribution in [2.24, 2.45) is 11.8 Å². The number of aliphatic carboxylic acids is 1. The van der Waals surface area contributed by atoms with Crippen molar-refractivity contribution in [3.8, 4) is 11.4 Å². The summed E-state index contributed by atoms with van der Waals surface area (Å²) < 4.78 is 18.3. The van der Waals surface area contributed by atoms with Gasteiger partial charge in [-0.05, 0) is 25.5 Å². The second-order valence-corrected chi connectivity index (χ2v) is 5.48. The Labute approximate surface area is 130 Å². The van der Waals surface area contributed by atoms with Crippen LogP contribution in [0.25, 0.3) is 11.4 Å². The van der Waals surface area contributed by atoms with Crippen molar-refractivity contribution in [3.05, 3.63) is 36.0 Å². The Balaban J connectivity index is 1.66. The topological polar surface area (TPSA) is 105 Å². The highest BCUT2D eigenvalue weighted by molar-refractivity contribution is 5.89. The Morgan fingerprint density at radius 3 is 2.87 bits per heavy atom. The minimum Gasteiger partial charge on any atom is -0.481 e. The number of rotatable bonds is 5. The summed E-state index contributed by atoms with van der Waals surface area (Å²) in [6.45, 7) is 1.65. The quantitative estimate of drug-likeness (QED) is 0.870. The van der Waals surface area contributed by atoms with Crippen LogP contribution in [0.4, 0.5) is 4.39 Å². The normalized spacial score (nSPS) is 20.8. The fourth-order valence-electron chi connectivity index (χ4n) is 2.30. The van der Waals surface area contributed by atoms with Gasteiger partial charge in [0.2, 0.25) is 17.6 Å². The highest BCUT2D eigenvalue weighted by Crippen LogP contribution is 2.39. The molecule has 1 aliphatic rings. The zero-order chi connectivity index (χ0) is 16.6. The molecule has 0 unspecified atom stereocenters. The van der Waals surface area contributed by atoms with E-state index in [0.29, 0.717) is 12.0 Å². The third kappa shape index (κ3) is 3.20. The third-order valence-corrected chi connectivity index (χ3v) is 3.70. The van der Waals surface area contributed by atoms with Crippen molar-refractivity contribution in [1.82, 2.24) is 15.5 Å². The minimum absolute atomic E-state index is 0.171. The Hall–Kier alpha value is -2.77. The number of hydrogen-bond donors (Lipinski definition) is 2. The molecule has 8 heteroatoms. The zero-order valence-corrected chi connectivity index (χ0v) is 12.2. The molecule has 1 saturated carbocycles. The Bertz CT molecular complexity index is 761. The van der Waals surface area contributed by atoms with E-state index in [9.17, 15) is 14.0 Å². The molecule has 0 spiro atoms. The molecular formula is C15H14FN3O4. The van der Waals surface area contributed by atoms with E-state index in [4.69, 9.17) is 9.63 Å². The highest BCUT2D eigenvalue weighted by atomic mass is 19.1. The first-order chi connectivity index (χ1) is 11.0. The first kappa shape index (κ1) is 15.1. The molecule has 3 atom stereocenters. The Morgan fingerprint density at radius 2 is 2.22 bits per heavy atom. The van der Waals surface area contributed by atoms with Crippen molar-refractivity contribution in [3.63, 3.8) is 0 Å². The summed E-state index contributed by atoms with van der Waals surface area (Å²) in [4.78, 5) is 26.8. The number of nitrogens with one attached hydrogen (secondary N) is 1. The van der Waals surface area contributed by atoms with Crippen LogP contribution in [0.15, 0.2) is 28.8 Å². The van der Waals surface area contributed by atoms with Gasteiger partial charge in [0.15, 0.2) is 0 Å². The number of carbonyl (C=O) groups is 2. The van der Waals surface area contributed by atoms with Crippen LogP contribution in [0.3, 0.4) is 0 Å². The van der Waals surface area contributed by atoms with Crippen LogP contribution in [-0.4, -0.2) is 27.1 Å². The van der Waals surface area contributed by atoms with Crippen LogP contribution >= 0.6 is 0 Å². The summed E-state index contributed by atoms with van der Waals surface area (Å²) in [5.74, 6) is -2.48. The van der Waals surface area contributed by atoms with E-state index in [1.54, 1.807) is 13.0 Å². The Kier molecular flexibility index (Phi) is 3.81. The van der Waals surface area contributed by atoms with Gasteiger partial charge in [0.05, 0.1) is 11.8 Å². The van der Waals surface area contributed by atoms with Gasteiger partial charge in [0, 0.05) is 5.56 Å². The summed E-state index contributed by atoms with van der Waals surface area (Å²) >= 11 is 0. The molecule has 2 N–H and O–H groups in total. The van der Waals surface area contributed by atoms with Gasteiger partial charge >= 0.3 is 5.97 Å². The lowest BCUT2D eigenvalue weighted by Gasteiger charge is -2.08. The van der Waals surface area contributed by atoms with Crippen molar-refractivity contribution in [1.29, 1.82) is 0 Å². The first-order valence-electron chi connectivity index (χ1n) is 7.08. The second kappa shape index (κ2) is 5.79. The van der Waals surface area contributed by atoms with Gasteiger partial charge in [-0.25, -0.2) is 4.39 Å². The molecule has 1 aliphatic carbocycles. The molecule has 7 nitrogen and oxygen atoms in total. The van der Waals surface area contributed by atoms with E-state index in [2.05, 4.69) is 15.5 Å². The summed E-state index contributed by atoms with van der Waals surface area (Å²) in [5, 5.41) is 15.2. The van der Waals surface area contributed by atoms with Gasteiger partial charge < -0.3 is 14.9 Å². The number of carboxylic acids is 1. The van der Waals surface area contributed by atoms with E-state index < -0.39 is 29.7 Å². The van der Waals surface area contributed by atoms with Gasteiger partial charge in [-0.1, -0.05) is 17.3 Å². The molecule has 1 aromatic heterocycles. The summed E-state index contributed by atoms with van der Waals surface area (Å²) in [5.41, 5.74) is 0.465. The summed E-state index contributed by atoms with van der Waals surface area (Å²) in [7, 11) is 0. The Morgan fingerprint density at radius 1 is 1.43 bits per heavy atom. The number of hydrogen-bond acceptors (Lipinski definition) is 5. The van der Waals surface area contributed by atoms with E-state index in [1.165, 1.54) is 18.2 Å². The highest BCUT2D eigenvalue weighted by Gasteiger charge is 2.48. The molecule has 0 bridgehead atoms. The van der Waals surface area contributed by atoms with Crippen LogP contribution < -0.4 is 5.32 Å². The van der Waals surface area contributed by atoms with Gasteiger partial charge in [-0.2, -0.15) is 4.98 Å². The average Bonchev–Trinajstić information content (AvgIpc) is 3.17. The van der Waals surface area contributed by atoms with E-state index in [1.807, 2.05) is 0 Å². The number of aromatic nitrogens is 2. The van der Waals surface area contributed by atoms with Crippen molar-refractivity contribution < 1.29 is 23.6 Å². The zero-order valence-electron chi connectivity index (χ0n) is 12.2. The molecule has 1 heterocycles. The molecule has 120 valence electrons. The lowest BCUT2D eigenvalue weighted by molar-refractivity contribution is -0.140. The standard InChI is InChI=1S/C15H14FN3O4/c1-7(17-13(20)10-6-11(10)15(21)22)14-18-12(19-23-14)8-3-2-4-9(16)5-8/h2-5,7,10-11H,6H2,1H3,(H,17,20)(H,21,22)/t7-,10-,11+/m0/s1. The lowest BCUT2D eigenvalue weighted by atomic mass is 10.2. The van der Waals surface area contributed by atoms with Crippen molar-refractivity contribution in [2.45, 2.75) is 19.4 Å². The predicted octanol–water partition coefficient (Wildman–Crippen LogP) is 1.77. The third-order valence-electron chi connectivity index (χ3n) is 3.70. The smallest absolute Gasteiger partial charge is 0.307 e. The molecule has 0 aliphatic heterocycles. The number of amides is 1. The van der Waals surface area contributed by atoms with Crippen LogP contribution in [0.5, 0.6) is 0 Å². The van der Waals surface area contributed by atoms with Crippen LogP contribution in [-0.2, 0) is 9.59 Å². The van der Waals surface area contributed by atoms with Gasteiger partial charge in [-0.15, -0.1) is 0 Å². The van der Waals surface area contributed by atoms with Crippen LogP contribution in [0.2, 0.25) is 0 Å². The van der Waals surface area contributed by atoms with Gasteiger partial charge in [0.25, 0.3) is 0 Å². The number of benzene rings is 1. The fraction of sp³-hybridized carbons (Fsp3) is 0.333. The maximum absolute atomic E-state index is 13.2. The van der Waals surface area contributed by atoms with Crippen LogP contribution in [0.1, 0.15) is 25.3 Å².